The molecule has 256 valence electrons. The van der Waals surface area contributed by atoms with Crippen molar-refractivity contribution in [3.8, 4) is 5.75 Å². The molecule has 0 atom stereocenters. The van der Waals surface area contributed by atoms with Crippen molar-refractivity contribution >= 4 is 92.6 Å². The third-order valence-corrected chi connectivity index (χ3v) is 10.4. The van der Waals surface area contributed by atoms with Gasteiger partial charge in [0, 0.05) is 0 Å². The van der Waals surface area contributed by atoms with Gasteiger partial charge in [0.15, 0.2) is 5.75 Å². The number of benzene rings is 4. The van der Waals surface area contributed by atoms with Crippen molar-refractivity contribution in [3.63, 3.8) is 0 Å². The molecular weight excluding hydrogens is 841 g/mol. The van der Waals surface area contributed by atoms with Crippen LogP contribution in [0.3, 0.4) is 0 Å². The van der Waals surface area contributed by atoms with E-state index in [9.17, 15) is 71.3 Å². The molecular formula is C22H14N5Na4O16PS4. The van der Waals surface area contributed by atoms with Crippen LogP contribution in [0.4, 0.5) is 28.4 Å². The number of nitrogen functional groups attached to an aromatic ring is 1. The molecule has 30 heteroatoms. The van der Waals surface area contributed by atoms with Crippen LogP contribution in [0.5, 0.6) is 5.75 Å². The van der Waals surface area contributed by atoms with Crippen molar-refractivity contribution in [2.24, 2.45) is 20.5 Å². The number of phenols is 1. The topological polar surface area (TPSA) is 382 Å². The zero-order valence-corrected chi connectivity index (χ0v) is 39.0. The second-order valence-electron chi connectivity index (χ2n) is 9.22. The molecule has 4 rings (SSSR count). The number of anilines is 1. The molecule has 0 saturated heterocycles. The molecule has 0 saturated carbocycles. The average Bonchev–Trinajstić information content (AvgIpc) is 2.93. The summed E-state index contributed by atoms with van der Waals surface area (Å²) in [5, 5.41) is 22.7. The van der Waals surface area contributed by atoms with E-state index in [1.54, 1.807) is 0 Å². The van der Waals surface area contributed by atoms with Crippen LogP contribution in [0.1, 0.15) is 0 Å². The SMILES string of the molecule is Nc1c(N=Nc2cc(S(=O)(=O)[O-])ccc2S(=O)(=O)[O-])c(S(=O)(=O)[O-])cc2cc(S(=O)(=O)[O-])c(N=Nc3cccc(P(=O)(O)O)c3)c(O)c12.[Na+].[Na+].[Na+].[Na+]. The summed E-state index contributed by atoms with van der Waals surface area (Å²) in [7, 11) is -26.8. The van der Waals surface area contributed by atoms with Gasteiger partial charge in [-0.15, -0.1) is 15.3 Å². The standard InChI is InChI=1S/C22H18N5O16PS4.4Na/c23-19-18-10(7-17(48(41,42)43)21(22(18)28)27-24-11-2-1-3-12(8-11)44(29,30)31)6-16(47(38,39)40)20(19)26-25-14-9-13(45(32,33)34)4-5-15(14)46(35,36)37;;;;/h1-9,28H,23H2,(H2,29,30,31)(H,32,33,34)(H,35,36,37)(H,38,39,40)(H,41,42,43);;;;/q;4*+1/p-4. The number of fused-ring (bicyclic) bond motifs is 1. The monoisotopic (exact) mass is 855 g/mol. The van der Waals surface area contributed by atoms with Crippen molar-refractivity contribution in [1.29, 1.82) is 0 Å². The van der Waals surface area contributed by atoms with E-state index < -0.39 is 112 Å². The Hall–Kier alpha value is -0.270. The number of rotatable bonds is 9. The van der Waals surface area contributed by atoms with Crippen LogP contribution >= 0.6 is 7.60 Å². The van der Waals surface area contributed by atoms with Gasteiger partial charge in [-0.2, -0.15) is 5.11 Å². The molecule has 52 heavy (non-hydrogen) atoms. The van der Waals surface area contributed by atoms with Gasteiger partial charge in [-0.05, 0) is 53.9 Å². The van der Waals surface area contributed by atoms with E-state index in [1.807, 2.05) is 0 Å². The Kier molecular flexibility index (Phi) is 18.7. The maximum atomic E-state index is 12.2. The van der Waals surface area contributed by atoms with Crippen molar-refractivity contribution in [1.82, 2.24) is 0 Å². The van der Waals surface area contributed by atoms with Crippen LogP contribution in [-0.2, 0) is 45.0 Å². The first-order valence-electron chi connectivity index (χ1n) is 11.9. The van der Waals surface area contributed by atoms with Crippen LogP contribution in [0.25, 0.3) is 10.8 Å². The predicted octanol–water partition coefficient (Wildman–Crippen LogP) is -10.6. The molecule has 0 fully saturated rings. The molecule has 0 aliphatic carbocycles. The van der Waals surface area contributed by atoms with Gasteiger partial charge in [0.05, 0.1) is 41.6 Å². The second-order valence-corrected chi connectivity index (χ2v) is 16.2. The first-order valence-corrected chi connectivity index (χ1v) is 19.1. The van der Waals surface area contributed by atoms with Crippen LogP contribution in [0, 0.1) is 0 Å². The van der Waals surface area contributed by atoms with Crippen LogP contribution in [0.15, 0.2) is 94.6 Å². The summed E-state index contributed by atoms with van der Waals surface area (Å²) in [6.07, 6.45) is 0. The van der Waals surface area contributed by atoms with Crippen LogP contribution in [0.2, 0.25) is 0 Å². The van der Waals surface area contributed by atoms with Gasteiger partial charge < -0.3 is 38.8 Å². The molecule has 0 radical (unpaired) electrons. The first kappa shape index (κ1) is 51.7. The van der Waals surface area contributed by atoms with Gasteiger partial charge in [0.1, 0.15) is 57.5 Å². The largest absolute Gasteiger partial charge is 1.00 e. The van der Waals surface area contributed by atoms with Crippen molar-refractivity contribution < 1.29 is 190 Å². The Morgan fingerprint density at radius 3 is 1.60 bits per heavy atom. The minimum Gasteiger partial charge on any atom is -0.744 e. The van der Waals surface area contributed by atoms with E-state index in [1.165, 1.54) is 0 Å². The number of azo groups is 2. The van der Waals surface area contributed by atoms with Gasteiger partial charge >= 0.3 is 126 Å². The molecule has 0 aromatic heterocycles. The van der Waals surface area contributed by atoms with Gasteiger partial charge in [0.2, 0.25) is 0 Å². The summed E-state index contributed by atoms with van der Waals surface area (Å²) in [5.74, 6) is -1.30. The summed E-state index contributed by atoms with van der Waals surface area (Å²) in [6.45, 7) is 0. The van der Waals surface area contributed by atoms with Crippen LogP contribution < -0.4 is 129 Å². The van der Waals surface area contributed by atoms with Crippen molar-refractivity contribution in [3.05, 3.63) is 54.6 Å². The number of nitrogens with two attached hydrogens (primary N) is 1. The Morgan fingerprint density at radius 2 is 1.12 bits per heavy atom. The Bertz CT molecular complexity index is 2610. The summed E-state index contributed by atoms with van der Waals surface area (Å²) in [5.41, 5.74) is 1.17. The molecule has 0 bridgehead atoms. The zero-order chi connectivity index (χ0) is 36.2. The van der Waals surface area contributed by atoms with E-state index >= 15 is 0 Å². The molecule has 21 nitrogen and oxygen atoms in total. The zero-order valence-electron chi connectivity index (χ0n) is 26.8. The smallest absolute Gasteiger partial charge is 0.744 e. The van der Waals surface area contributed by atoms with Gasteiger partial charge in [-0.25, -0.2) is 33.7 Å². The Morgan fingerprint density at radius 1 is 0.615 bits per heavy atom. The fourth-order valence-electron chi connectivity index (χ4n) is 3.98. The molecule has 4 aromatic rings. The van der Waals surface area contributed by atoms with E-state index in [2.05, 4.69) is 20.5 Å². The van der Waals surface area contributed by atoms with E-state index in [-0.39, 0.29) is 130 Å². The maximum absolute atomic E-state index is 12.2. The summed E-state index contributed by atoms with van der Waals surface area (Å²) in [6, 6.07) is 6.03. The van der Waals surface area contributed by atoms with Crippen molar-refractivity contribution in [2.75, 3.05) is 5.73 Å². The predicted molar refractivity (Wildman–Crippen MR) is 155 cm³/mol. The van der Waals surface area contributed by atoms with E-state index in [0.717, 1.165) is 24.3 Å². The molecule has 4 aromatic carbocycles. The molecule has 0 heterocycles. The quantitative estimate of drug-likeness (QED) is 0.0399. The third-order valence-electron chi connectivity index (χ3n) is 6.03. The number of hydrogen-bond acceptors (Lipinski definition) is 19. The average molecular weight is 856 g/mol. The minimum atomic E-state index is -5.68. The molecule has 0 aliphatic heterocycles. The fourth-order valence-corrected chi connectivity index (χ4v) is 6.95. The number of nitrogens with zero attached hydrogens (tertiary/aromatic N) is 4. The van der Waals surface area contributed by atoms with Gasteiger partial charge in [-0.3, -0.25) is 4.57 Å². The van der Waals surface area contributed by atoms with E-state index in [4.69, 9.17) is 5.73 Å². The van der Waals surface area contributed by atoms with E-state index in [0.29, 0.717) is 24.3 Å². The molecule has 5 N–H and O–H groups in total. The summed E-state index contributed by atoms with van der Waals surface area (Å²) >= 11 is 0. The molecule has 0 spiro atoms. The summed E-state index contributed by atoms with van der Waals surface area (Å²) in [4.78, 5) is 13.6. The van der Waals surface area contributed by atoms with Crippen molar-refractivity contribution in [2.45, 2.75) is 19.6 Å². The third kappa shape index (κ3) is 12.1. The molecule has 0 aliphatic rings. The maximum Gasteiger partial charge on any atom is 1.00 e. The van der Waals surface area contributed by atoms with Gasteiger partial charge in [0.25, 0.3) is 0 Å². The second kappa shape index (κ2) is 18.8. The first-order chi connectivity index (χ1) is 21.8. The molecule has 0 amide bonds. The van der Waals surface area contributed by atoms with Crippen LogP contribution in [-0.4, -0.2) is 66.8 Å². The fraction of sp³-hybridized carbons (Fsp3) is 0. The number of hydrogen-bond donors (Lipinski definition) is 4. The minimum absolute atomic E-state index is 0. The Labute approximate surface area is 382 Å². The Balaban J connectivity index is 0.00000650. The molecule has 0 unspecified atom stereocenters. The normalized spacial score (nSPS) is 12.5. The number of phenolic OH excluding ortho intramolecular Hbond substituents is 1. The number of aromatic hydroxyl groups is 1. The van der Waals surface area contributed by atoms with Gasteiger partial charge in [-0.1, -0.05) is 6.07 Å². The summed E-state index contributed by atoms with van der Waals surface area (Å²) < 4.78 is 154.